The van der Waals surface area contributed by atoms with Gasteiger partial charge in [0.15, 0.2) is 0 Å². The highest BCUT2D eigenvalue weighted by atomic mass is 16.5. The van der Waals surface area contributed by atoms with Gasteiger partial charge in [-0.2, -0.15) is 0 Å². The van der Waals surface area contributed by atoms with Crippen molar-refractivity contribution in [3.8, 4) is 11.4 Å². The molecule has 0 spiro atoms. The van der Waals surface area contributed by atoms with Crippen molar-refractivity contribution in [2.24, 2.45) is 0 Å². The summed E-state index contributed by atoms with van der Waals surface area (Å²) in [5.74, 6) is 0.0893. The standard InChI is InChI=1S/C20H17N5O2/c1-13-18(25-12-4-3-5-17(25)22-13)16-10-11-21-20(24-16)23-15-8-6-14(7-9-15)19(26)27-2/h3-12H,1-2H3,(H,21,23,24). The Labute approximate surface area is 155 Å². The number of nitrogens with zero attached hydrogens (tertiary/aromatic N) is 4. The fourth-order valence-corrected chi connectivity index (χ4v) is 2.91. The normalized spacial score (nSPS) is 10.7. The van der Waals surface area contributed by atoms with Crippen LogP contribution in [0.25, 0.3) is 17.0 Å². The van der Waals surface area contributed by atoms with Crippen molar-refractivity contribution in [1.82, 2.24) is 19.4 Å². The van der Waals surface area contributed by atoms with Gasteiger partial charge >= 0.3 is 5.97 Å². The van der Waals surface area contributed by atoms with Crippen LogP contribution in [0.2, 0.25) is 0 Å². The van der Waals surface area contributed by atoms with E-state index in [0.717, 1.165) is 28.4 Å². The van der Waals surface area contributed by atoms with Crippen LogP contribution in [0, 0.1) is 6.92 Å². The zero-order valence-corrected chi connectivity index (χ0v) is 14.9. The van der Waals surface area contributed by atoms with Gasteiger partial charge in [0, 0.05) is 18.1 Å². The van der Waals surface area contributed by atoms with E-state index in [1.807, 2.05) is 41.8 Å². The monoisotopic (exact) mass is 359 g/mol. The second-order valence-electron chi connectivity index (χ2n) is 5.93. The van der Waals surface area contributed by atoms with Crippen LogP contribution < -0.4 is 5.32 Å². The molecule has 7 heteroatoms. The second-order valence-corrected chi connectivity index (χ2v) is 5.93. The molecule has 27 heavy (non-hydrogen) atoms. The van der Waals surface area contributed by atoms with Crippen LogP contribution >= 0.6 is 0 Å². The molecule has 0 aliphatic rings. The zero-order chi connectivity index (χ0) is 18.8. The molecule has 0 saturated heterocycles. The average Bonchev–Trinajstić information content (AvgIpc) is 3.04. The maximum Gasteiger partial charge on any atom is 0.337 e. The van der Waals surface area contributed by atoms with E-state index < -0.39 is 0 Å². The molecular formula is C20H17N5O2. The molecule has 1 aromatic carbocycles. The third-order valence-electron chi connectivity index (χ3n) is 4.16. The summed E-state index contributed by atoms with van der Waals surface area (Å²) in [5.41, 5.74) is 4.73. The average molecular weight is 359 g/mol. The van der Waals surface area contributed by atoms with E-state index in [1.165, 1.54) is 7.11 Å². The Bertz CT molecular complexity index is 1120. The quantitative estimate of drug-likeness (QED) is 0.560. The van der Waals surface area contributed by atoms with Gasteiger partial charge in [0.25, 0.3) is 0 Å². The molecule has 0 aliphatic carbocycles. The van der Waals surface area contributed by atoms with E-state index in [2.05, 4.69) is 20.3 Å². The van der Waals surface area contributed by atoms with Crippen molar-refractivity contribution >= 4 is 23.3 Å². The maximum absolute atomic E-state index is 11.5. The summed E-state index contributed by atoms with van der Waals surface area (Å²) in [7, 11) is 1.36. The number of aryl methyl sites for hydroxylation is 1. The number of fused-ring (bicyclic) bond motifs is 1. The fourth-order valence-electron chi connectivity index (χ4n) is 2.91. The lowest BCUT2D eigenvalue weighted by Crippen LogP contribution is -2.02. The van der Waals surface area contributed by atoms with Crippen molar-refractivity contribution in [3.05, 3.63) is 72.2 Å². The van der Waals surface area contributed by atoms with Gasteiger partial charge < -0.3 is 10.1 Å². The number of carbonyl (C=O) groups excluding carboxylic acids is 1. The van der Waals surface area contributed by atoms with Crippen LogP contribution in [0.5, 0.6) is 0 Å². The number of aromatic nitrogens is 4. The summed E-state index contributed by atoms with van der Waals surface area (Å²) in [4.78, 5) is 25.0. The van der Waals surface area contributed by atoms with Crippen LogP contribution in [-0.2, 0) is 4.74 Å². The molecular weight excluding hydrogens is 342 g/mol. The molecule has 0 amide bonds. The molecule has 0 saturated carbocycles. The number of benzene rings is 1. The number of imidazole rings is 1. The van der Waals surface area contributed by atoms with Gasteiger partial charge in [-0.15, -0.1) is 0 Å². The molecule has 4 rings (SSSR count). The van der Waals surface area contributed by atoms with Gasteiger partial charge in [-0.05, 0) is 49.4 Å². The highest BCUT2D eigenvalue weighted by Gasteiger charge is 2.13. The van der Waals surface area contributed by atoms with E-state index in [1.54, 1.807) is 30.5 Å². The van der Waals surface area contributed by atoms with Crippen LogP contribution in [0.4, 0.5) is 11.6 Å². The lowest BCUT2D eigenvalue weighted by atomic mass is 10.2. The molecule has 0 fully saturated rings. The molecule has 1 N–H and O–H groups in total. The van der Waals surface area contributed by atoms with Gasteiger partial charge in [0.05, 0.1) is 29.8 Å². The van der Waals surface area contributed by atoms with Crippen LogP contribution in [0.1, 0.15) is 16.1 Å². The van der Waals surface area contributed by atoms with Crippen molar-refractivity contribution < 1.29 is 9.53 Å². The SMILES string of the molecule is COC(=O)c1ccc(Nc2nccc(-c3c(C)nc4ccccn34)n2)cc1. The Morgan fingerprint density at radius 2 is 1.89 bits per heavy atom. The maximum atomic E-state index is 11.5. The lowest BCUT2D eigenvalue weighted by molar-refractivity contribution is 0.0601. The molecule has 3 heterocycles. The number of ether oxygens (including phenoxy) is 1. The minimum Gasteiger partial charge on any atom is -0.465 e. The Hall–Kier alpha value is -3.74. The smallest absolute Gasteiger partial charge is 0.337 e. The minimum atomic E-state index is -0.372. The topological polar surface area (TPSA) is 81.4 Å². The number of hydrogen-bond donors (Lipinski definition) is 1. The van der Waals surface area contributed by atoms with Crippen LogP contribution in [0.15, 0.2) is 60.9 Å². The highest BCUT2D eigenvalue weighted by Crippen LogP contribution is 2.24. The van der Waals surface area contributed by atoms with Gasteiger partial charge in [-0.3, -0.25) is 4.40 Å². The third kappa shape index (κ3) is 3.22. The number of anilines is 2. The molecule has 0 atom stereocenters. The number of rotatable bonds is 4. The summed E-state index contributed by atoms with van der Waals surface area (Å²) in [6.07, 6.45) is 3.67. The Morgan fingerprint density at radius 1 is 1.07 bits per heavy atom. The lowest BCUT2D eigenvalue weighted by Gasteiger charge is -2.08. The van der Waals surface area contributed by atoms with E-state index >= 15 is 0 Å². The molecule has 3 aromatic heterocycles. The van der Waals surface area contributed by atoms with Gasteiger partial charge in [-0.25, -0.2) is 19.7 Å². The van der Waals surface area contributed by atoms with Gasteiger partial charge in [0.1, 0.15) is 5.65 Å². The molecule has 0 bridgehead atoms. The third-order valence-corrected chi connectivity index (χ3v) is 4.16. The van der Waals surface area contributed by atoms with E-state index in [9.17, 15) is 4.79 Å². The first-order valence-electron chi connectivity index (χ1n) is 8.38. The van der Waals surface area contributed by atoms with Crippen molar-refractivity contribution in [1.29, 1.82) is 0 Å². The number of pyridine rings is 1. The number of carbonyl (C=O) groups is 1. The molecule has 0 radical (unpaired) electrons. The van der Waals surface area contributed by atoms with Crippen molar-refractivity contribution in [2.45, 2.75) is 6.92 Å². The largest absolute Gasteiger partial charge is 0.465 e. The van der Waals surface area contributed by atoms with Crippen molar-refractivity contribution in [2.75, 3.05) is 12.4 Å². The van der Waals surface area contributed by atoms with E-state index in [4.69, 9.17) is 4.74 Å². The number of hydrogen-bond acceptors (Lipinski definition) is 6. The van der Waals surface area contributed by atoms with Crippen LogP contribution in [-0.4, -0.2) is 32.4 Å². The summed E-state index contributed by atoms with van der Waals surface area (Å²) in [5, 5.41) is 3.15. The van der Waals surface area contributed by atoms with E-state index in [0.29, 0.717) is 11.5 Å². The first-order chi connectivity index (χ1) is 13.2. The Balaban J connectivity index is 1.65. The first-order valence-corrected chi connectivity index (χ1v) is 8.38. The molecule has 134 valence electrons. The van der Waals surface area contributed by atoms with E-state index in [-0.39, 0.29) is 5.97 Å². The molecule has 0 aliphatic heterocycles. The summed E-state index contributed by atoms with van der Waals surface area (Å²) < 4.78 is 6.71. The Morgan fingerprint density at radius 3 is 2.67 bits per heavy atom. The summed E-state index contributed by atoms with van der Waals surface area (Å²) in [6, 6.07) is 14.7. The first kappa shape index (κ1) is 16.7. The highest BCUT2D eigenvalue weighted by molar-refractivity contribution is 5.89. The second kappa shape index (κ2) is 6.87. The summed E-state index contributed by atoms with van der Waals surface area (Å²) >= 11 is 0. The number of esters is 1. The minimum absolute atomic E-state index is 0.372. The molecule has 0 unspecified atom stereocenters. The predicted octanol–water partition coefficient (Wildman–Crippen LogP) is 3.63. The molecule has 7 nitrogen and oxygen atoms in total. The van der Waals surface area contributed by atoms with Crippen molar-refractivity contribution in [3.63, 3.8) is 0 Å². The van der Waals surface area contributed by atoms with Crippen LogP contribution in [0.3, 0.4) is 0 Å². The fraction of sp³-hybridized carbons (Fsp3) is 0.100. The number of methoxy groups -OCH3 is 1. The zero-order valence-electron chi connectivity index (χ0n) is 14.9. The summed E-state index contributed by atoms with van der Waals surface area (Å²) in [6.45, 7) is 1.96. The Kier molecular flexibility index (Phi) is 4.25. The van der Waals surface area contributed by atoms with Gasteiger partial charge in [-0.1, -0.05) is 6.07 Å². The molecule has 4 aromatic rings. The van der Waals surface area contributed by atoms with Gasteiger partial charge in [0.2, 0.25) is 5.95 Å². The number of nitrogens with one attached hydrogen (secondary N) is 1. The predicted molar refractivity (Wildman–Crippen MR) is 102 cm³/mol.